The number of ketones is 1. The Morgan fingerprint density at radius 1 is 1.14 bits per heavy atom. The third kappa shape index (κ3) is 4.28. The third-order valence-corrected chi connectivity index (χ3v) is 4.96. The van der Waals surface area contributed by atoms with Gasteiger partial charge in [0.15, 0.2) is 5.78 Å². The van der Waals surface area contributed by atoms with Gasteiger partial charge < -0.3 is 4.90 Å². The second kappa shape index (κ2) is 7.04. The second-order valence-corrected chi connectivity index (χ2v) is 6.59. The molecule has 112 valence electrons. The standard InChI is InChI=1S/C19H25NO/c21-19(9-8-16-4-2-1-3-5-16)11-13-20-12-10-17-6-7-18(14-17)15-20/h1-5,8-9,17-18H,6-7,10-15H2/b9-8+/t17-,18-/m0/s1. The van der Waals surface area contributed by atoms with Crippen molar-refractivity contribution in [3.05, 3.63) is 42.0 Å². The Balaban J connectivity index is 1.44. The Morgan fingerprint density at radius 2 is 1.95 bits per heavy atom. The second-order valence-electron chi connectivity index (χ2n) is 6.59. The van der Waals surface area contributed by atoms with Gasteiger partial charge in [0.1, 0.15) is 0 Å². The van der Waals surface area contributed by atoms with Crippen LogP contribution in [-0.4, -0.2) is 30.3 Å². The molecule has 1 saturated carbocycles. The van der Waals surface area contributed by atoms with Gasteiger partial charge in [0.05, 0.1) is 0 Å². The van der Waals surface area contributed by atoms with Crippen molar-refractivity contribution in [2.45, 2.75) is 32.1 Å². The average Bonchev–Trinajstić information content (AvgIpc) is 2.85. The highest BCUT2D eigenvalue weighted by molar-refractivity contribution is 5.93. The molecular formula is C19H25NO. The molecule has 1 aliphatic heterocycles. The number of rotatable bonds is 5. The van der Waals surface area contributed by atoms with Crippen LogP contribution in [0.2, 0.25) is 0 Å². The molecule has 21 heavy (non-hydrogen) atoms. The van der Waals surface area contributed by atoms with Crippen LogP contribution < -0.4 is 0 Å². The SMILES string of the molecule is O=C(/C=C/c1ccccc1)CCN1CC[C@@H]2CC[C@@H](C2)C1. The number of carbonyl (C=O) groups is 1. The predicted molar refractivity (Wildman–Crippen MR) is 87.0 cm³/mol. The Morgan fingerprint density at radius 3 is 2.81 bits per heavy atom. The van der Waals surface area contributed by atoms with Gasteiger partial charge in [-0.25, -0.2) is 0 Å². The molecule has 1 aromatic rings. The molecule has 0 radical (unpaired) electrons. The molecule has 3 rings (SSSR count). The molecule has 1 aromatic carbocycles. The Labute approximate surface area is 127 Å². The summed E-state index contributed by atoms with van der Waals surface area (Å²) >= 11 is 0. The number of carbonyl (C=O) groups excluding carboxylic acids is 1. The third-order valence-electron chi connectivity index (χ3n) is 4.96. The molecule has 0 N–H and O–H groups in total. The number of fused-ring (bicyclic) bond motifs is 2. The number of nitrogens with zero attached hydrogens (tertiary/aromatic N) is 1. The summed E-state index contributed by atoms with van der Waals surface area (Å²) in [5.41, 5.74) is 1.10. The molecule has 0 unspecified atom stereocenters. The lowest BCUT2D eigenvalue weighted by Crippen LogP contribution is -2.31. The molecule has 0 aromatic heterocycles. The molecule has 2 atom stereocenters. The van der Waals surface area contributed by atoms with Crippen LogP contribution >= 0.6 is 0 Å². The molecular weight excluding hydrogens is 258 g/mol. The van der Waals surface area contributed by atoms with Gasteiger partial charge in [-0.1, -0.05) is 42.8 Å². The van der Waals surface area contributed by atoms with E-state index in [9.17, 15) is 4.79 Å². The molecule has 0 spiro atoms. The number of hydrogen-bond donors (Lipinski definition) is 0. The first-order valence-corrected chi connectivity index (χ1v) is 8.28. The minimum atomic E-state index is 0.244. The van der Waals surface area contributed by atoms with E-state index in [1.807, 2.05) is 36.4 Å². The molecule has 2 nitrogen and oxygen atoms in total. The molecule has 1 saturated heterocycles. The highest BCUT2D eigenvalue weighted by Gasteiger charge is 2.29. The fourth-order valence-corrected chi connectivity index (χ4v) is 3.74. The molecule has 2 heteroatoms. The average molecular weight is 283 g/mol. The Bertz CT molecular complexity index is 494. The van der Waals surface area contributed by atoms with Crippen molar-refractivity contribution in [1.29, 1.82) is 0 Å². The van der Waals surface area contributed by atoms with E-state index in [-0.39, 0.29) is 5.78 Å². The Hall–Kier alpha value is -1.41. The monoisotopic (exact) mass is 283 g/mol. The van der Waals surface area contributed by atoms with E-state index < -0.39 is 0 Å². The highest BCUT2D eigenvalue weighted by Crippen LogP contribution is 2.36. The lowest BCUT2D eigenvalue weighted by atomic mass is 10.0. The van der Waals surface area contributed by atoms with Crippen molar-refractivity contribution in [1.82, 2.24) is 4.90 Å². The van der Waals surface area contributed by atoms with Crippen molar-refractivity contribution >= 4 is 11.9 Å². The van der Waals surface area contributed by atoms with E-state index >= 15 is 0 Å². The molecule has 1 heterocycles. The molecule has 2 bridgehead atoms. The smallest absolute Gasteiger partial charge is 0.156 e. The molecule has 2 aliphatic rings. The fraction of sp³-hybridized carbons (Fsp3) is 0.526. The van der Waals surface area contributed by atoms with Crippen LogP contribution in [0.4, 0.5) is 0 Å². The van der Waals surface area contributed by atoms with Crippen molar-refractivity contribution in [3.63, 3.8) is 0 Å². The van der Waals surface area contributed by atoms with Gasteiger partial charge in [-0.05, 0) is 49.3 Å². The number of allylic oxidation sites excluding steroid dienone is 1. The summed E-state index contributed by atoms with van der Waals surface area (Å²) < 4.78 is 0. The van der Waals surface area contributed by atoms with Crippen molar-refractivity contribution < 1.29 is 4.79 Å². The maximum absolute atomic E-state index is 12.0. The zero-order chi connectivity index (χ0) is 14.5. The quantitative estimate of drug-likeness (QED) is 0.766. The highest BCUT2D eigenvalue weighted by atomic mass is 16.1. The molecule has 0 amide bonds. The van der Waals surface area contributed by atoms with E-state index in [0.717, 1.165) is 23.9 Å². The zero-order valence-electron chi connectivity index (χ0n) is 12.7. The van der Waals surface area contributed by atoms with Gasteiger partial charge in [0.2, 0.25) is 0 Å². The maximum Gasteiger partial charge on any atom is 0.156 e. The summed E-state index contributed by atoms with van der Waals surface area (Å²) in [6, 6.07) is 10.0. The minimum Gasteiger partial charge on any atom is -0.303 e. The number of likely N-dealkylation sites (tertiary alicyclic amines) is 1. The first-order chi connectivity index (χ1) is 10.3. The summed E-state index contributed by atoms with van der Waals surface area (Å²) in [6.45, 7) is 3.34. The number of benzene rings is 1. The van der Waals surface area contributed by atoms with Crippen LogP contribution in [0.5, 0.6) is 0 Å². The lowest BCUT2D eigenvalue weighted by molar-refractivity contribution is -0.114. The van der Waals surface area contributed by atoms with Crippen molar-refractivity contribution in [2.24, 2.45) is 11.8 Å². The van der Waals surface area contributed by atoms with Crippen LogP contribution in [0.15, 0.2) is 36.4 Å². The van der Waals surface area contributed by atoms with E-state index in [1.165, 1.54) is 38.8 Å². The summed E-state index contributed by atoms with van der Waals surface area (Å²) in [7, 11) is 0. The van der Waals surface area contributed by atoms with Gasteiger partial charge in [0, 0.05) is 19.5 Å². The maximum atomic E-state index is 12.0. The lowest BCUT2D eigenvalue weighted by Gasteiger charge is -2.23. The predicted octanol–water partition coefficient (Wildman–Crippen LogP) is 3.78. The fourth-order valence-electron chi connectivity index (χ4n) is 3.74. The van der Waals surface area contributed by atoms with Crippen LogP contribution in [0.1, 0.15) is 37.7 Å². The van der Waals surface area contributed by atoms with E-state index in [2.05, 4.69) is 4.90 Å². The van der Waals surface area contributed by atoms with Gasteiger partial charge in [-0.15, -0.1) is 0 Å². The van der Waals surface area contributed by atoms with Crippen LogP contribution in [0.3, 0.4) is 0 Å². The molecule has 2 fully saturated rings. The normalized spacial score (nSPS) is 26.1. The van der Waals surface area contributed by atoms with Crippen LogP contribution in [-0.2, 0) is 4.79 Å². The van der Waals surface area contributed by atoms with Crippen LogP contribution in [0, 0.1) is 11.8 Å². The summed E-state index contributed by atoms with van der Waals surface area (Å²) in [4.78, 5) is 14.5. The van der Waals surface area contributed by atoms with Crippen molar-refractivity contribution in [2.75, 3.05) is 19.6 Å². The first-order valence-electron chi connectivity index (χ1n) is 8.28. The summed E-state index contributed by atoms with van der Waals surface area (Å²) in [6.07, 6.45) is 9.93. The minimum absolute atomic E-state index is 0.244. The largest absolute Gasteiger partial charge is 0.303 e. The van der Waals surface area contributed by atoms with Gasteiger partial charge in [0.25, 0.3) is 0 Å². The van der Waals surface area contributed by atoms with E-state index in [4.69, 9.17) is 0 Å². The van der Waals surface area contributed by atoms with Gasteiger partial charge >= 0.3 is 0 Å². The Kier molecular flexibility index (Phi) is 4.87. The van der Waals surface area contributed by atoms with Crippen molar-refractivity contribution in [3.8, 4) is 0 Å². The number of hydrogen-bond acceptors (Lipinski definition) is 2. The van der Waals surface area contributed by atoms with Gasteiger partial charge in [-0.3, -0.25) is 4.79 Å². The van der Waals surface area contributed by atoms with Crippen LogP contribution in [0.25, 0.3) is 6.08 Å². The summed E-state index contributed by atoms with van der Waals surface area (Å²) in [5.74, 6) is 2.11. The molecule has 1 aliphatic carbocycles. The van der Waals surface area contributed by atoms with Gasteiger partial charge in [-0.2, -0.15) is 0 Å². The summed E-state index contributed by atoms with van der Waals surface area (Å²) in [5, 5.41) is 0. The topological polar surface area (TPSA) is 20.3 Å². The van der Waals surface area contributed by atoms with E-state index in [0.29, 0.717) is 6.42 Å². The first kappa shape index (κ1) is 14.5. The van der Waals surface area contributed by atoms with E-state index in [1.54, 1.807) is 6.08 Å². The zero-order valence-corrected chi connectivity index (χ0v) is 12.7.